The molecular formula is C39H60O11. The second-order valence-corrected chi connectivity index (χ2v) is 18.6. The van der Waals surface area contributed by atoms with Crippen LogP contribution in [0.2, 0.25) is 0 Å². The van der Waals surface area contributed by atoms with Gasteiger partial charge in [0.05, 0.1) is 12.7 Å². The molecule has 0 aromatic rings. The zero-order valence-electron chi connectivity index (χ0n) is 31.1. The molecule has 4 N–H and O–H groups in total. The number of ether oxygens (including phenoxy) is 5. The number of carbonyl (C=O) groups excluding carboxylic acids is 2. The highest BCUT2D eigenvalue weighted by molar-refractivity contribution is 5.66. The van der Waals surface area contributed by atoms with Crippen LogP contribution in [0.15, 0.2) is 12.2 Å². The summed E-state index contributed by atoms with van der Waals surface area (Å²) in [6.45, 7) is 19.5. The van der Waals surface area contributed by atoms with Gasteiger partial charge in [-0.25, -0.2) is 0 Å². The number of aliphatic hydroxyl groups excluding tert-OH is 3. The minimum atomic E-state index is -1.79. The van der Waals surface area contributed by atoms with E-state index in [2.05, 4.69) is 41.2 Å². The molecule has 11 nitrogen and oxygen atoms in total. The minimum Gasteiger partial charge on any atom is -0.455 e. The zero-order valence-corrected chi connectivity index (χ0v) is 31.1. The van der Waals surface area contributed by atoms with Gasteiger partial charge < -0.3 is 44.1 Å². The van der Waals surface area contributed by atoms with Gasteiger partial charge in [0.25, 0.3) is 0 Å². The Morgan fingerprint density at radius 1 is 0.920 bits per heavy atom. The van der Waals surface area contributed by atoms with E-state index < -0.39 is 66.1 Å². The van der Waals surface area contributed by atoms with Gasteiger partial charge in [-0.1, -0.05) is 41.2 Å². The number of carbonyl (C=O) groups is 2. The quantitative estimate of drug-likeness (QED) is 0.180. The Labute approximate surface area is 296 Å². The van der Waals surface area contributed by atoms with E-state index in [0.717, 1.165) is 44.9 Å². The number of rotatable bonds is 6. The molecule has 0 aromatic carbocycles. The van der Waals surface area contributed by atoms with E-state index in [-0.39, 0.29) is 52.1 Å². The van der Waals surface area contributed by atoms with E-state index >= 15 is 0 Å². The minimum absolute atomic E-state index is 0.0140. The van der Waals surface area contributed by atoms with Gasteiger partial charge in [0.15, 0.2) is 18.2 Å². The highest BCUT2D eigenvalue weighted by atomic mass is 16.7. The molecule has 0 radical (unpaired) electrons. The largest absolute Gasteiger partial charge is 0.455 e. The summed E-state index contributed by atoms with van der Waals surface area (Å²) in [5.41, 5.74) is -0.494. The van der Waals surface area contributed by atoms with Crippen LogP contribution in [-0.2, 0) is 33.3 Å². The molecule has 0 unspecified atom stereocenters. The molecule has 2 saturated heterocycles. The normalized spacial score (nSPS) is 53.7. The van der Waals surface area contributed by atoms with Crippen LogP contribution in [-0.4, -0.2) is 93.8 Å². The first-order valence-corrected chi connectivity index (χ1v) is 18.9. The Balaban J connectivity index is 1.15. The Morgan fingerprint density at radius 3 is 2.22 bits per heavy atom. The third kappa shape index (κ3) is 4.72. The van der Waals surface area contributed by atoms with Gasteiger partial charge in [0.2, 0.25) is 0 Å². The van der Waals surface area contributed by atoms with Crippen molar-refractivity contribution in [1.29, 1.82) is 0 Å². The van der Waals surface area contributed by atoms with Crippen LogP contribution in [0, 0.1) is 50.7 Å². The van der Waals surface area contributed by atoms with Crippen molar-refractivity contribution in [2.24, 2.45) is 50.7 Å². The Kier molecular flexibility index (Phi) is 8.60. The van der Waals surface area contributed by atoms with E-state index in [4.69, 9.17) is 23.7 Å². The second-order valence-electron chi connectivity index (χ2n) is 18.6. The lowest BCUT2D eigenvalue weighted by atomic mass is 9.41. The van der Waals surface area contributed by atoms with Gasteiger partial charge in [-0.3, -0.25) is 9.59 Å². The van der Waals surface area contributed by atoms with Crippen molar-refractivity contribution in [3.63, 3.8) is 0 Å². The summed E-state index contributed by atoms with van der Waals surface area (Å²) in [6.07, 6.45) is -0.0691. The number of aliphatic hydroxyl groups is 4. The molecule has 17 atom stereocenters. The second kappa shape index (κ2) is 11.7. The van der Waals surface area contributed by atoms with Crippen LogP contribution < -0.4 is 0 Å². The molecule has 5 aliphatic carbocycles. The molecule has 7 rings (SSSR count). The fourth-order valence-electron chi connectivity index (χ4n) is 13.9. The first kappa shape index (κ1) is 36.7. The monoisotopic (exact) mass is 704 g/mol. The van der Waals surface area contributed by atoms with Gasteiger partial charge in [-0.15, -0.1) is 0 Å². The molecule has 0 aromatic heterocycles. The molecule has 282 valence electrons. The summed E-state index contributed by atoms with van der Waals surface area (Å²) in [4.78, 5) is 23.9. The van der Waals surface area contributed by atoms with Crippen LogP contribution in [0.25, 0.3) is 0 Å². The maximum Gasteiger partial charge on any atom is 0.303 e. The van der Waals surface area contributed by atoms with Gasteiger partial charge >= 0.3 is 11.9 Å². The molecule has 0 amide bonds. The first-order chi connectivity index (χ1) is 23.2. The summed E-state index contributed by atoms with van der Waals surface area (Å²) in [6, 6.07) is 0. The van der Waals surface area contributed by atoms with E-state index in [9.17, 15) is 30.0 Å². The highest BCUT2D eigenvalue weighted by Crippen LogP contribution is 2.89. The smallest absolute Gasteiger partial charge is 0.303 e. The van der Waals surface area contributed by atoms with Crippen LogP contribution in [0.5, 0.6) is 0 Å². The van der Waals surface area contributed by atoms with Crippen LogP contribution in [0.3, 0.4) is 0 Å². The molecule has 2 aliphatic heterocycles. The average Bonchev–Trinajstić information content (AvgIpc) is 3.66. The molecule has 5 saturated carbocycles. The summed E-state index contributed by atoms with van der Waals surface area (Å²) in [5.74, 6) is -2.54. The van der Waals surface area contributed by atoms with E-state index in [1.54, 1.807) is 6.92 Å². The topological polar surface area (TPSA) is 161 Å². The molecule has 0 bridgehead atoms. The standard InChI is InChI=1S/C39H60O11/c1-19(2)29(47-21(4)40)24-16-20(3)31-35(8)14-15-38-18-37(38)13-12-27(49-32-30(48-22(5)41)28(43)23(42)17-46-32)34(6,7)25(37)10-11-26(38)36(35,9)33(44)39(31,45)50-24/h20,23-33,42-45H,1,10-18H2,2-9H3/t20-,23+,24-,25+,26+,27+,28+,29-,30-,31-,32+,33-,35-,36-,37-,38-,39-/m1/s1. The number of hydrogen-bond donors (Lipinski definition) is 4. The fourth-order valence-corrected chi connectivity index (χ4v) is 13.9. The van der Waals surface area contributed by atoms with Crippen LogP contribution >= 0.6 is 0 Å². The van der Waals surface area contributed by atoms with Crippen molar-refractivity contribution >= 4 is 11.9 Å². The summed E-state index contributed by atoms with van der Waals surface area (Å²) < 4.78 is 30.1. The third-order valence-electron chi connectivity index (χ3n) is 16.0. The van der Waals surface area contributed by atoms with Gasteiger partial charge in [0, 0.05) is 25.2 Å². The lowest BCUT2D eigenvalue weighted by Gasteiger charge is -2.63. The summed E-state index contributed by atoms with van der Waals surface area (Å²) in [5, 5.41) is 46.1. The lowest BCUT2D eigenvalue weighted by Crippen LogP contribution is -2.61. The lowest BCUT2D eigenvalue weighted by molar-refractivity contribution is -0.333. The van der Waals surface area contributed by atoms with Crippen LogP contribution in [0.1, 0.15) is 107 Å². The SMILES string of the molecule is C=C(C)[C@@H](OC(C)=O)[C@H]1C[C@@H](C)[C@H]2[C@@](O)(O1)[C@H](O)[C@@]1(C)[C@@H]3CC[C@H]4C(C)(C)[C@@H](O[C@@H]5OC[C@H](O)[C@H](O)[C@H]5OC(C)=O)CC[C@@]45C[C@]35CC[C@]21C. The number of hydrogen-bond acceptors (Lipinski definition) is 11. The predicted molar refractivity (Wildman–Crippen MR) is 180 cm³/mol. The molecule has 7 fully saturated rings. The van der Waals surface area contributed by atoms with Crippen molar-refractivity contribution in [2.45, 2.75) is 162 Å². The maximum atomic E-state index is 12.6. The molecule has 50 heavy (non-hydrogen) atoms. The molecule has 2 spiro atoms. The Bertz CT molecular complexity index is 1420. The third-order valence-corrected chi connectivity index (χ3v) is 16.0. The maximum absolute atomic E-state index is 12.6. The van der Waals surface area contributed by atoms with E-state index in [1.807, 2.05) is 0 Å². The number of fused-ring (bicyclic) bond motifs is 4. The predicted octanol–water partition coefficient (Wildman–Crippen LogP) is 4.02. The van der Waals surface area contributed by atoms with Crippen molar-refractivity contribution in [2.75, 3.05) is 6.61 Å². The first-order valence-electron chi connectivity index (χ1n) is 18.9. The molecule has 11 heteroatoms. The fraction of sp³-hybridized carbons (Fsp3) is 0.897. The highest BCUT2D eigenvalue weighted by Gasteiger charge is 2.86. The van der Waals surface area contributed by atoms with Gasteiger partial charge in [-0.2, -0.15) is 0 Å². The molecular weight excluding hydrogens is 644 g/mol. The Morgan fingerprint density at radius 2 is 1.58 bits per heavy atom. The van der Waals surface area contributed by atoms with Crippen LogP contribution in [0.4, 0.5) is 0 Å². The van der Waals surface area contributed by atoms with Crippen molar-refractivity contribution in [1.82, 2.24) is 0 Å². The van der Waals surface area contributed by atoms with E-state index in [1.165, 1.54) is 13.8 Å². The van der Waals surface area contributed by atoms with Gasteiger partial charge in [-0.05, 0) is 103 Å². The van der Waals surface area contributed by atoms with E-state index in [0.29, 0.717) is 17.9 Å². The van der Waals surface area contributed by atoms with Crippen molar-refractivity contribution in [3.05, 3.63) is 12.2 Å². The Hall–Kier alpha value is -1.60. The number of esters is 2. The summed E-state index contributed by atoms with van der Waals surface area (Å²) in [7, 11) is 0. The zero-order chi connectivity index (χ0) is 36.6. The van der Waals surface area contributed by atoms with Gasteiger partial charge in [0.1, 0.15) is 30.5 Å². The van der Waals surface area contributed by atoms with Crippen molar-refractivity contribution in [3.8, 4) is 0 Å². The average molecular weight is 705 g/mol. The molecule has 7 aliphatic rings. The van der Waals surface area contributed by atoms with Crippen molar-refractivity contribution < 1.29 is 53.7 Å². The molecule has 2 heterocycles. The summed E-state index contributed by atoms with van der Waals surface area (Å²) >= 11 is 0.